The molecule has 8 nitrogen and oxygen atoms in total. The second-order valence-corrected chi connectivity index (χ2v) is 5.44. The zero-order chi connectivity index (χ0) is 21.0. The van der Waals surface area contributed by atoms with Gasteiger partial charge < -0.3 is 24.8 Å². The van der Waals surface area contributed by atoms with Crippen LogP contribution < -0.4 is 10.6 Å². The number of hydrogen-bond acceptors (Lipinski definition) is 6. The summed E-state index contributed by atoms with van der Waals surface area (Å²) in [6.45, 7) is 0.0327. The first-order valence-corrected chi connectivity index (χ1v) is 7.34. The number of hydrogen-bond donors (Lipinski definition) is 2. The highest BCUT2D eigenvalue weighted by Gasteiger charge is 2.47. The number of rotatable bonds is 5. The van der Waals surface area contributed by atoms with Crippen molar-refractivity contribution in [2.45, 2.75) is 50.2 Å². The van der Waals surface area contributed by atoms with Gasteiger partial charge in [-0.25, -0.2) is 0 Å². The van der Waals surface area contributed by atoms with Crippen LogP contribution in [-0.2, 0) is 28.6 Å². The summed E-state index contributed by atoms with van der Waals surface area (Å²) in [4.78, 5) is 33.3. The van der Waals surface area contributed by atoms with Gasteiger partial charge in [-0.15, -0.1) is 0 Å². The Morgan fingerprint density at radius 2 is 1.63 bits per heavy atom. The minimum absolute atomic E-state index is 0.389. The number of methoxy groups -OCH3 is 1. The standard InChI is InChI=1S/C13H16F6N2O6/c1-5(22)26-9-6(21-11(24)13(17,18)19)3-8(25-2)27-7(9)4-20-10(23)12(14,15)16/h6-9H,3-4H2,1-2H3,(H,20,23)(H,21,24)/t6-,7+,8-,9-/m0/s1. The van der Waals surface area contributed by atoms with E-state index in [1.807, 2.05) is 0 Å². The molecule has 0 spiro atoms. The number of carbonyl (C=O) groups is 3. The number of esters is 1. The molecule has 156 valence electrons. The third-order valence-corrected chi connectivity index (χ3v) is 3.40. The molecule has 1 saturated heterocycles. The van der Waals surface area contributed by atoms with E-state index < -0.39 is 61.2 Å². The third kappa shape index (κ3) is 6.86. The first kappa shape index (κ1) is 23.0. The minimum Gasteiger partial charge on any atom is -0.458 e. The van der Waals surface area contributed by atoms with Crippen LogP contribution in [0.3, 0.4) is 0 Å². The third-order valence-electron chi connectivity index (χ3n) is 3.40. The molecule has 2 amide bonds. The van der Waals surface area contributed by atoms with E-state index in [9.17, 15) is 40.7 Å². The van der Waals surface area contributed by atoms with Gasteiger partial charge in [-0.05, 0) is 0 Å². The second-order valence-electron chi connectivity index (χ2n) is 5.44. The van der Waals surface area contributed by atoms with Crippen molar-refractivity contribution in [2.24, 2.45) is 0 Å². The lowest BCUT2D eigenvalue weighted by atomic mass is 9.97. The van der Waals surface area contributed by atoms with Crippen molar-refractivity contribution in [1.29, 1.82) is 0 Å². The van der Waals surface area contributed by atoms with E-state index in [0.717, 1.165) is 14.0 Å². The molecule has 4 atom stereocenters. The number of amides is 2. The first-order valence-electron chi connectivity index (χ1n) is 7.34. The molecular formula is C13H16F6N2O6. The zero-order valence-corrected chi connectivity index (χ0v) is 13.9. The van der Waals surface area contributed by atoms with Gasteiger partial charge in [0.05, 0.1) is 6.04 Å². The van der Waals surface area contributed by atoms with E-state index >= 15 is 0 Å². The summed E-state index contributed by atoms with van der Waals surface area (Å²) in [5, 5.41) is 3.06. The van der Waals surface area contributed by atoms with Gasteiger partial charge in [0.1, 0.15) is 12.2 Å². The van der Waals surface area contributed by atoms with E-state index in [1.165, 1.54) is 5.32 Å². The number of nitrogens with one attached hydrogen (secondary N) is 2. The normalized spacial score (nSPS) is 26.2. The molecule has 0 aromatic carbocycles. The van der Waals surface area contributed by atoms with Crippen LogP contribution in [0.4, 0.5) is 26.3 Å². The molecule has 1 heterocycles. The van der Waals surface area contributed by atoms with Gasteiger partial charge in [0.15, 0.2) is 6.29 Å². The maximum absolute atomic E-state index is 12.5. The maximum atomic E-state index is 12.5. The molecular weight excluding hydrogens is 394 g/mol. The summed E-state index contributed by atoms with van der Waals surface area (Å²) >= 11 is 0. The van der Waals surface area contributed by atoms with Crippen LogP contribution in [0.5, 0.6) is 0 Å². The van der Waals surface area contributed by atoms with Crippen LogP contribution in [0.2, 0.25) is 0 Å². The fourth-order valence-electron chi connectivity index (χ4n) is 2.28. The predicted octanol–water partition coefficient (Wildman–Crippen LogP) is 0.405. The Labute approximate surface area is 148 Å². The Kier molecular flexibility index (Phi) is 7.42. The topological polar surface area (TPSA) is 103 Å². The summed E-state index contributed by atoms with van der Waals surface area (Å²) < 4.78 is 89.2. The number of carbonyl (C=O) groups excluding carboxylic acids is 3. The smallest absolute Gasteiger partial charge is 0.458 e. The molecule has 27 heavy (non-hydrogen) atoms. The summed E-state index contributed by atoms with van der Waals surface area (Å²) in [7, 11) is 1.10. The summed E-state index contributed by atoms with van der Waals surface area (Å²) in [6.07, 6.45) is -15.2. The average Bonchev–Trinajstić information content (AvgIpc) is 2.52. The quantitative estimate of drug-likeness (QED) is 0.503. The number of halogens is 6. The van der Waals surface area contributed by atoms with Gasteiger partial charge in [0.25, 0.3) is 0 Å². The summed E-state index contributed by atoms with van der Waals surface area (Å²) in [6, 6.07) is -1.49. The van der Waals surface area contributed by atoms with Crippen molar-refractivity contribution in [3.8, 4) is 0 Å². The Bertz CT molecular complexity index is 566. The maximum Gasteiger partial charge on any atom is 0.471 e. The first-order chi connectivity index (χ1) is 12.3. The highest BCUT2D eigenvalue weighted by Crippen LogP contribution is 2.25. The highest BCUT2D eigenvalue weighted by atomic mass is 19.4. The molecule has 0 radical (unpaired) electrons. The van der Waals surface area contributed by atoms with E-state index in [-0.39, 0.29) is 6.42 Å². The van der Waals surface area contributed by atoms with E-state index in [2.05, 4.69) is 0 Å². The van der Waals surface area contributed by atoms with Crippen LogP contribution in [0, 0.1) is 0 Å². The molecule has 1 aliphatic rings. The molecule has 14 heteroatoms. The van der Waals surface area contributed by atoms with Crippen molar-refractivity contribution in [1.82, 2.24) is 10.6 Å². The Balaban J connectivity index is 3.00. The fourth-order valence-corrected chi connectivity index (χ4v) is 2.28. The monoisotopic (exact) mass is 410 g/mol. The van der Waals surface area contributed by atoms with Gasteiger partial charge >= 0.3 is 30.1 Å². The highest BCUT2D eigenvalue weighted by molar-refractivity contribution is 5.82. The molecule has 0 unspecified atom stereocenters. The largest absolute Gasteiger partial charge is 0.471 e. The lowest BCUT2D eigenvalue weighted by Crippen LogP contribution is -2.61. The molecule has 1 aliphatic heterocycles. The van der Waals surface area contributed by atoms with Gasteiger partial charge in [-0.3, -0.25) is 14.4 Å². The second kappa shape index (κ2) is 8.73. The number of ether oxygens (including phenoxy) is 3. The number of alkyl halides is 6. The SMILES string of the molecule is CO[C@@H]1C[C@H](NC(=O)C(F)(F)F)[C@H](OC(C)=O)[C@@H](CNC(=O)C(F)(F)F)O1. The lowest BCUT2D eigenvalue weighted by Gasteiger charge is -2.40. The summed E-state index contributed by atoms with van der Waals surface area (Å²) in [5.74, 6) is -5.67. The molecule has 0 aromatic rings. The summed E-state index contributed by atoms with van der Waals surface area (Å²) in [5.41, 5.74) is 0. The molecule has 0 bridgehead atoms. The molecule has 1 rings (SSSR count). The van der Waals surface area contributed by atoms with Crippen molar-refractivity contribution in [3.63, 3.8) is 0 Å². The van der Waals surface area contributed by atoms with Crippen molar-refractivity contribution in [3.05, 3.63) is 0 Å². The van der Waals surface area contributed by atoms with Gasteiger partial charge in [0, 0.05) is 27.0 Å². The van der Waals surface area contributed by atoms with Gasteiger partial charge in [-0.1, -0.05) is 0 Å². The Hall–Kier alpha value is -2.09. The predicted molar refractivity (Wildman–Crippen MR) is 72.9 cm³/mol. The van der Waals surface area contributed by atoms with Gasteiger partial charge in [0.2, 0.25) is 0 Å². The van der Waals surface area contributed by atoms with Crippen LogP contribution in [0.25, 0.3) is 0 Å². The Morgan fingerprint density at radius 3 is 2.07 bits per heavy atom. The van der Waals surface area contributed by atoms with Crippen molar-refractivity contribution in [2.75, 3.05) is 13.7 Å². The molecule has 2 N–H and O–H groups in total. The average molecular weight is 410 g/mol. The molecule has 1 fully saturated rings. The minimum atomic E-state index is -5.25. The van der Waals surface area contributed by atoms with Crippen LogP contribution in [0.1, 0.15) is 13.3 Å². The van der Waals surface area contributed by atoms with Crippen LogP contribution >= 0.6 is 0 Å². The van der Waals surface area contributed by atoms with E-state index in [1.54, 1.807) is 5.32 Å². The zero-order valence-electron chi connectivity index (χ0n) is 13.9. The van der Waals surface area contributed by atoms with Crippen molar-refractivity contribution >= 4 is 17.8 Å². The van der Waals surface area contributed by atoms with E-state index in [4.69, 9.17) is 14.2 Å². The lowest BCUT2D eigenvalue weighted by molar-refractivity contribution is -0.230. The van der Waals surface area contributed by atoms with E-state index in [0.29, 0.717) is 0 Å². The molecule has 0 aliphatic carbocycles. The molecule has 0 aromatic heterocycles. The van der Waals surface area contributed by atoms with Crippen LogP contribution in [-0.4, -0.2) is 68.3 Å². The van der Waals surface area contributed by atoms with Crippen LogP contribution in [0.15, 0.2) is 0 Å². The van der Waals surface area contributed by atoms with Gasteiger partial charge in [-0.2, -0.15) is 26.3 Å². The molecule has 0 saturated carbocycles. The Morgan fingerprint density at radius 1 is 1.07 bits per heavy atom. The fraction of sp³-hybridized carbons (Fsp3) is 0.769. The van der Waals surface area contributed by atoms with Crippen molar-refractivity contribution < 1.29 is 54.9 Å².